The van der Waals surface area contributed by atoms with Crippen LogP contribution in [0.2, 0.25) is 0 Å². The molecule has 20 heavy (non-hydrogen) atoms. The average molecular weight is 294 g/mol. The fourth-order valence-corrected chi connectivity index (χ4v) is 2.86. The summed E-state index contributed by atoms with van der Waals surface area (Å²) < 4.78 is 28.6. The molecule has 0 atom stereocenters. The molecule has 2 N–H and O–H groups in total. The lowest BCUT2D eigenvalue weighted by atomic mass is 10.2. The van der Waals surface area contributed by atoms with E-state index in [0.717, 1.165) is 12.1 Å². The SMILES string of the molecule is CCNCc1ccccc1NS(=O)(=O)c1cnn(C)c1. The van der Waals surface area contributed by atoms with Crippen molar-refractivity contribution in [1.82, 2.24) is 15.1 Å². The normalized spacial score (nSPS) is 11.5. The van der Waals surface area contributed by atoms with E-state index >= 15 is 0 Å². The highest BCUT2D eigenvalue weighted by Crippen LogP contribution is 2.19. The van der Waals surface area contributed by atoms with Crippen LogP contribution in [0.1, 0.15) is 12.5 Å². The fraction of sp³-hybridized carbons (Fsp3) is 0.308. The summed E-state index contributed by atoms with van der Waals surface area (Å²) in [5.41, 5.74) is 1.49. The van der Waals surface area contributed by atoms with E-state index in [1.165, 1.54) is 17.1 Å². The third-order valence-electron chi connectivity index (χ3n) is 2.82. The highest BCUT2D eigenvalue weighted by Gasteiger charge is 2.17. The molecule has 1 aromatic heterocycles. The molecule has 108 valence electrons. The zero-order valence-electron chi connectivity index (χ0n) is 11.5. The number of nitrogens with one attached hydrogen (secondary N) is 2. The molecule has 0 bridgehead atoms. The average Bonchev–Trinajstić information content (AvgIpc) is 2.85. The van der Waals surface area contributed by atoms with E-state index in [2.05, 4.69) is 15.1 Å². The van der Waals surface area contributed by atoms with Gasteiger partial charge in [-0.25, -0.2) is 8.42 Å². The molecule has 2 rings (SSSR count). The first-order valence-corrected chi connectivity index (χ1v) is 7.81. The van der Waals surface area contributed by atoms with Crippen molar-refractivity contribution >= 4 is 15.7 Å². The number of anilines is 1. The van der Waals surface area contributed by atoms with E-state index in [0.29, 0.717) is 12.2 Å². The van der Waals surface area contributed by atoms with Gasteiger partial charge in [-0.1, -0.05) is 25.1 Å². The molecular formula is C13H18N4O2S. The Labute approximate surface area is 118 Å². The molecule has 6 nitrogen and oxygen atoms in total. The molecule has 0 saturated heterocycles. The van der Waals surface area contributed by atoms with Crippen molar-refractivity contribution in [3.05, 3.63) is 42.2 Å². The molecule has 0 aliphatic heterocycles. The highest BCUT2D eigenvalue weighted by molar-refractivity contribution is 7.92. The smallest absolute Gasteiger partial charge is 0.265 e. The summed E-state index contributed by atoms with van der Waals surface area (Å²) in [5.74, 6) is 0. The van der Waals surface area contributed by atoms with Crippen LogP contribution < -0.4 is 10.0 Å². The Kier molecular flexibility index (Phi) is 4.41. The fourth-order valence-electron chi connectivity index (χ4n) is 1.77. The Bertz CT molecular complexity index is 679. The van der Waals surface area contributed by atoms with Crippen molar-refractivity contribution in [2.24, 2.45) is 7.05 Å². The van der Waals surface area contributed by atoms with Gasteiger partial charge in [0.15, 0.2) is 0 Å². The highest BCUT2D eigenvalue weighted by atomic mass is 32.2. The van der Waals surface area contributed by atoms with Gasteiger partial charge in [-0.15, -0.1) is 0 Å². The maximum absolute atomic E-state index is 12.3. The van der Waals surface area contributed by atoms with Crippen molar-refractivity contribution < 1.29 is 8.42 Å². The molecule has 0 aliphatic rings. The number of para-hydroxylation sites is 1. The number of hydrogen-bond acceptors (Lipinski definition) is 4. The van der Waals surface area contributed by atoms with E-state index in [9.17, 15) is 8.42 Å². The minimum atomic E-state index is -3.60. The van der Waals surface area contributed by atoms with E-state index in [1.807, 2.05) is 19.1 Å². The quantitative estimate of drug-likeness (QED) is 0.843. The van der Waals surface area contributed by atoms with Crippen molar-refractivity contribution in [3.63, 3.8) is 0 Å². The van der Waals surface area contributed by atoms with Crippen LogP contribution in [0, 0.1) is 0 Å². The lowest BCUT2D eigenvalue weighted by Crippen LogP contribution is -2.17. The summed E-state index contributed by atoms with van der Waals surface area (Å²) in [6, 6.07) is 7.33. The van der Waals surface area contributed by atoms with Crippen LogP contribution >= 0.6 is 0 Å². The molecule has 0 spiro atoms. The Morgan fingerprint density at radius 3 is 2.70 bits per heavy atom. The van der Waals surface area contributed by atoms with Crippen LogP contribution in [0.3, 0.4) is 0 Å². The van der Waals surface area contributed by atoms with Crippen LogP contribution in [0.15, 0.2) is 41.6 Å². The number of nitrogens with zero attached hydrogens (tertiary/aromatic N) is 2. The topological polar surface area (TPSA) is 76.0 Å². The Hall–Kier alpha value is -1.86. The maximum atomic E-state index is 12.3. The minimum absolute atomic E-state index is 0.151. The van der Waals surface area contributed by atoms with Crippen LogP contribution in [0.4, 0.5) is 5.69 Å². The lowest BCUT2D eigenvalue weighted by Gasteiger charge is -2.11. The number of aryl methyl sites for hydroxylation is 1. The van der Waals surface area contributed by atoms with E-state index in [4.69, 9.17) is 0 Å². The van der Waals surface area contributed by atoms with Crippen molar-refractivity contribution in [2.75, 3.05) is 11.3 Å². The molecule has 0 aliphatic carbocycles. The molecule has 1 aromatic carbocycles. The molecule has 0 radical (unpaired) electrons. The lowest BCUT2D eigenvalue weighted by molar-refractivity contribution is 0.601. The predicted octanol–water partition coefficient (Wildman–Crippen LogP) is 1.33. The Balaban J connectivity index is 2.25. The van der Waals surface area contributed by atoms with E-state index in [1.54, 1.807) is 19.2 Å². The number of rotatable bonds is 6. The molecule has 2 aromatic rings. The summed E-state index contributed by atoms with van der Waals surface area (Å²) in [4.78, 5) is 0.151. The zero-order valence-corrected chi connectivity index (χ0v) is 12.3. The van der Waals surface area contributed by atoms with Gasteiger partial charge in [0.25, 0.3) is 10.0 Å². The summed E-state index contributed by atoms with van der Waals surface area (Å²) in [6.07, 6.45) is 2.80. The third kappa shape index (κ3) is 3.37. The predicted molar refractivity (Wildman–Crippen MR) is 77.8 cm³/mol. The number of sulfonamides is 1. The van der Waals surface area contributed by atoms with Gasteiger partial charge in [-0.3, -0.25) is 9.40 Å². The van der Waals surface area contributed by atoms with Crippen LogP contribution in [0.5, 0.6) is 0 Å². The molecule has 0 amide bonds. The number of benzene rings is 1. The summed E-state index contributed by atoms with van der Waals surface area (Å²) in [5, 5.41) is 7.07. The van der Waals surface area contributed by atoms with E-state index < -0.39 is 10.0 Å². The second-order valence-electron chi connectivity index (χ2n) is 4.39. The monoisotopic (exact) mass is 294 g/mol. The Morgan fingerprint density at radius 1 is 1.30 bits per heavy atom. The van der Waals surface area contributed by atoms with Crippen molar-refractivity contribution in [1.29, 1.82) is 0 Å². The van der Waals surface area contributed by atoms with Gasteiger partial charge in [0, 0.05) is 19.8 Å². The zero-order chi connectivity index (χ0) is 14.6. The van der Waals surface area contributed by atoms with Gasteiger partial charge >= 0.3 is 0 Å². The number of aromatic nitrogens is 2. The second-order valence-corrected chi connectivity index (χ2v) is 6.08. The third-order valence-corrected chi connectivity index (χ3v) is 4.14. The van der Waals surface area contributed by atoms with Crippen molar-refractivity contribution in [3.8, 4) is 0 Å². The summed E-state index contributed by atoms with van der Waals surface area (Å²) in [7, 11) is -1.92. The summed E-state index contributed by atoms with van der Waals surface area (Å²) >= 11 is 0. The van der Waals surface area contributed by atoms with Crippen molar-refractivity contribution in [2.45, 2.75) is 18.4 Å². The van der Waals surface area contributed by atoms with Gasteiger partial charge in [0.2, 0.25) is 0 Å². The molecule has 0 saturated carbocycles. The Morgan fingerprint density at radius 2 is 2.05 bits per heavy atom. The first-order valence-electron chi connectivity index (χ1n) is 6.33. The maximum Gasteiger partial charge on any atom is 0.265 e. The first-order chi connectivity index (χ1) is 9.53. The largest absolute Gasteiger partial charge is 0.313 e. The first kappa shape index (κ1) is 14.5. The molecule has 7 heteroatoms. The molecule has 0 fully saturated rings. The minimum Gasteiger partial charge on any atom is -0.313 e. The van der Waals surface area contributed by atoms with Gasteiger partial charge in [-0.2, -0.15) is 5.10 Å². The van der Waals surface area contributed by atoms with Gasteiger partial charge in [-0.05, 0) is 18.2 Å². The molecule has 0 unspecified atom stereocenters. The van der Waals surface area contributed by atoms with Gasteiger partial charge in [0.05, 0.1) is 11.9 Å². The van der Waals surface area contributed by atoms with Crippen LogP contribution in [-0.4, -0.2) is 24.7 Å². The van der Waals surface area contributed by atoms with Gasteiger partial charge < -0.3 is 5.32 Å². The standard InChI is InChI=1S/C13H18N4O2S/c1-3-14-8-11-6-4-5-7-13(11)16-20(18,19)12-9-15-17(2)10-12/h4-7,9-10,14,16H,3,8H2,1-2H3. The molecule has 1 heterocycles. The molecular weight excluding hydrogens is 276 g/mol. The van der Waals surface area contributed by atoms with E-state index in [-0.39, 0.29) is 4.90 Å². The van der Waals surface area contributed by atoms with Gasteiger partial charge in [0.1, 0.15) is 4.90 Å². The second kappa shape index (κ2) is 6.06. The summed E-state index contributed by atoms with van der Waals surface area (Å²) in [6.45, 7) is 3.44. The van der Waals surface area contributed by atoms with Crippen LogP contribution in [-0.2, 0) is 23.6 Å². The number of hydrogen-bond donors (Lipinski definition) is 2. The van der Waals surface area contributed by atoms with Crippen LogP contribution in [0.25, 0.3) is 0 Å².